The van der Waals surface area contributed by atoms with Crippen LogP contribution in [0.5, 0.6) is 0 Å². The summed E-state index contributed by atoms with van der Waals surface area (Å²) in [6, 6.07) is 11.8. The van der Waals surface area contributed by atoms with Gasteiger partial charge in [-0.1, -0.05) is 50.6 Å². The van der Waals surface area contributed by atoms with E-state index >= 15 is 0 Å². The molecule has 1 heteroatoms. The van der Waals surface area contributed by atoms with Crippen molar-refractivity contribution >= 4 is 0 Å². The summed E-state index contributed by atoms with van der Waals surface area (Å²) in [7, 11) is 2.30. The van der Waals surface area contributed by atoms with E-state index < -0.39 is 0 Å². The highest BCUT2D eigenvalue weighted by molar-refractivity contribution is 5.18. The van der Waals surface area contributed by atoms with Gasteiger partial charge in [0.05, 0.1) is 0 Å². The van der Waals surface area contributed by atoms with Crippen LogP contribution < -0.4 is 0 Å². The Morgan fingerprint density at radius 3 is 2.58 bits per heavy atom. The van der Waals surface area contributed by atoms with Crippen LogP contribution in [0.3, 0.4) is 0 Å². The molecule has 19 heavy (non-hydrogen) atoms. The van der Waals surface area contributed by atoms with E-state index in [1.54, 1.807) is 0 Å². The summed E-state index contributed by atoms with van der Waals surface area (Å²) < 4.78 is 0. The molecule has 0 radical (unpaired) electrons. The normalized spacial score (nSPS) is 24.1. The third-order valence-electron chi connectivity index (χ3n) is 4.72. The van der Waals surface area contributed by atoms with Gasteiger partial charge in [-0.05, 0) is 56.7 Å². The molecule has 3 atom stereocenters. The minimum absolute atomic E-state index is 0.685. The van der Waals surface area contributed by atoms with E-state index in [1.165, 1.54) is 44.2 Å². The molecule has 1 heterocycles. The molecular formula is C18H29N. The highest BCUT2D eigenvalue weighted by Crippen LogP contribution is 2.28. The van der Waals surface area contributed by atoms with Crippen molar-refractivity contribution < 1.29 is 0 Å². The topological polar surface area (TPSA) is 3.24 Å². The first-order valence-corrected chi connectivity index (χ1v) is 7.92. The zero-order valence-electron chi connectivity index (χ0n) is 12.8. The van der Waals surface area contributed by atoms with Gasteiger partial charge in [0.15, 0.2) is 0 Å². The molecule has 2 unspecified atom stereocenters. The van der Waals surface area contributed by atoms with E-state index in [2.05, 4.69) is 56.1 Å². The van der Waals surface area contributed by atoms with E-state index in [9.17, 15) is 0 Å². The molecule has 0 saturated carbocycles. The van der Waals surface area contributed by atoms with E-state index in [4.69, 9.17) is 0 Å². The van der Waals surface area contributed by atoms with Gasteiger partial charge in [-0.2, -0.15) is 0 Å². The summed E-state index contributed by atoms with van der Waals surface area (Å²) in [5.41, 5.74) is 1.49. The molecule has 0 aromatic heterocycles. The van der Waals surface area contributed by atoms with Gasteiger partial charge in [0.25, 0.3) is 0 Å². The van der Waals surface area contributed by atoms with Crippen LogP contribution in [0.25, 0.3) is 0 Å². The Kier molecular flexibility index (Phi) is 5.45. The number of hydrogen-bond donors (Lipinski definition) is 0. The molecule has 1 saturated heterocycles. The lowest BCUT2D eigenvalue weighted by molar-refractivity contribution is 0.156. The predicted octanol–water partition coefficient (Wildman–Crippen LogP) is 4.69. The second-order valence-electron chi connectivity index (χ2n) is 6.52. The molecule has 106 valence electrons. The zero-order valence-corrected chi connectivity index (χ0v) is 12.8. The quantitative estimate of drug-likeness (QED) is 0.741. The van der Waals surface area contributed by atoms with Crippen molar-refractivity contribution in [2.45, 2.75) is 57.9 Å². The van der Waals surface area contributed by atoms with Gasteiger partial charge in [-0.15, -0.1) is 0 Å². The largest absolute Gasteiger partial charge is 0.303 e. The standard InChI is InChI=1S/C18H29N/c1-15(14-18-11-7-8-12-19(18)3)13-16(2)17-9-5-4-6-10-17/h4-6,9-10,15-16,18H,7-8,11-14H2,1-3H3/t15?,16?,18-/m0/s1. The van der Waals surface area contributed by atoms with Gasteiger partial charge in [-0.3, -0.25) is 0 Å². The van der Waals surface area contributed by atoms with Gasteiger partial charge in [0.1, 0.15) is 0 Å². The first-order chi connectivity index (χ1) is 9.16. The number of rotatable bonds is 5. The molecule has 1 aromatic carbocycles. The highest BCUT2D eigenvalue weighted by Gasteiger charge is 2.22. The van der Waals surface area contributed by atoms with Crippen LogP contribution in [0.4, 0.5) is 0 Å². The molecule has 1 aliphatic rings. The lowest BCUT2D eigenvalue weighted by atomic mass is 9.85. The maximum absolute atomic E-state index is 2.58. The van der Waals surface area contributed by atoms with Crippen molar-refractivity contribution in [3.8, 4) is 0 Å². The summed E-state index contributed by atoms with van der Waals surface area (Å²) in [5.74, 6) is 1.51. The number of piperidine rings is 1. The SMILES string of the molecule is CC(CC(C)c1ccccc1)C[C@@H]1CCCCN1C. The average molecular weight is 259 g/mol. The molecule has 2 rings (SSSR count). The summed E-state index contributed by atoms with van der Waals surface area (Å²) in [6.07, 6.45) is 6.90. The summed E-state index contributed by atoms with van der Waals surface area (Å²) >= 11 is 0. The van der Waals surface area contributed by atoms with Crippen molar-refractivity contribution in [3.05, 3.63) is 35.9 Å². The van der Waals surface area contributed by atoms with Crippen LogP contribution in [0, 0.1) is 5.92 Å². The van der Waals surface area contributed by atoms with Crippen LogP contribution in [-0.2, 0) is 0 Å². The fourth-order valence-electron chi connectivity index (χ4n) is 3.52. The Labute approximate surface area is 119 Å². The van der Waals surface area contributed by atoms with Gasteiger partial charge in [-0.25, -0.2) is 0 Å². The minimum atomic E-state index is 0.685. The fourth-order valence-corrected chi connectivity index (χ4v) is 3.52. The molecule has 0 spiro atoms. The lowest BCUT2D eigenvalue weighted by Crippen LogP contribution is -2.37. The molecule has 0 bridgehead atoms. The van der Waals surface area contributed by atoms with Crippen molar-refractivity contribution in [3.63, 3.8) is 0 Å². The molecular weight excluding hydrogens is 230 g/mol. The maximum atomic E-state index is 2.58. The van der Waals surface area contributed by atoms with Gasteiger partial charge in [0.2, 0.25) is 0 Å². The second kappa shape index (κ2) is 7.09. The van der Waals surface area contributed by atoms with Gasteiger partial charge in [0, 0.05) is 6.04 Å². The molecule has 1 aliphatic heterocycles. The molecule has 0 aliphatic carbocycles. The number of nitrogens with zero attached hydrogens (tertiary/aromatic N) is 1. The van der Waals surface area contributed by atoms with Crippen molar-refractivity contribution in [1.82, 2.24) is 4.90 Å². The van der Waals surface area contributed by atoms with Crippen LogP contribution in [0.1, 0.15) is 57.4 Å². The van der Waals surface area contributed by atoms with E-state index in [0.717, 1.165) is 12.0 Å². The Morgan fingerprint density at radius 1 is 1.16 bits per heavy atom. The second-order valence-corrected chi connectivity index (χ2v) is 6.52. The molecule has 0 amide bonds. The Morgan fingerprint density at radius 2 is 1.89 bits per heavy atom. The smallest absolute Gasteiger partial charge is 0.00947 e. The van der Waals surface area contributed by atoms with E-state index in [0.29, 0.717) is 5.92 Å². The highest BCUT2D eigenvalue weighted by atomic mass is 15.1. The predicted molar refractivity (Wildman–Crippen MR) is 83.5 cm³/mol. The Hall–Kier alpha value is -0.820. The monoisotopic (exact) mass is 259 g/mol. The third-order valence-corrected chi connectivity index (χ3v) is 4.72. The molecule has 1 aromatic rings. The summed E-state index contributed by atoms with van der Waals surface area (Å²) in [5, 5.41) is 0. The maximum Gasteiger partial charge on any atom is 0.00947 e. The van der Waals surface area contributed by atoms with Crippen LogP contribution in [0.2, 0.25) is 0 Å². The Balaban J connectivity index is 1.82. The zero-order chi connectivity index (χ0) is 13.7. The first-order valence-electron chi connectivity index (χ1n) is 7.92. The number of benzene rings is 1. The number of likely N-dealkylation sites (tertiary alicyclic amines) is 1. The van der Waals surface area contributed by atoms with Crippen LogP contribution in [-0.4, -0.2) is 24.5 Å². The minimum Gasteiger partial charge on any atom is -0.303 e. The van der Waals surface area contributed by atoms with Crippen LogP contribution in [0.15, 0.2) is 30.3 Å². The average Bonchev–Trinajstić information content (AvgIpc) is 2.42. The number of hydrogen-bond acceptors (Lipinski definition) is 1. The van der Waals surface area contributed by atoms with E-state index in [-0.39, 0.29) is 0 Å². The van der Waals surface area contributed by atoms with Crippen molar-refractivity contribution in [1.29, 1.82) is 0 Å². The van der Waals surface area contributed by atoms with Crippen molar-refractivity contribution in [2.24, 2.45) is 5.92 Å². The summed E-state index contributed by atoms with van der Waals surface area (Å²) in [6.45, 7) is 6.10. The molecule has 1 fully saturated rings. The van der Waals surface area contributed by atoms with Crippen molar-refractivity contribution in [2.75, 3.05) is 13.6 Å². The third kappa shape index (κ3) is 4.35. The van der Waals surface area contributed by atoms with Crippen LogP contribution >= 0.6 is 0 Å². The van der Waals surface area contributed by atoms with Gasteiger partial charge < -0.3 is 4.90 Å². The summed E-state index contributed by atoms with van der Waals surface area (Å²) in [4.78, 5) is 2.58. The first kappa shape index (κ1) is 14.6. The van der Waals surface area contributed by atoms with E-state index in [1.807, 2.05) is 0 Å². The molecule has 0 N–H and O–H groups in total. The Bertz CT molecular complexity index is 359. The van der Waals surface area contributed by atoms with Gasteiger partial charge >= 0.3 is 0 Å². The lowest BCUT2D eigenvalue weighted by Gasteiger charge is -2.34. The fraction of sp³-hybridized carbons (Fsp3) is 0.667. The molecule has 1 nitrogen and oxygen atoms in total.